The summed E-state index contributed by atoms with van der Waals surface area (Å²) >= 11 is 1.06. The normalized spacial score (nSPS) is 15.9. The number of aromatic nitrogens is 1. The summed E-state index contributed by atoms with van der Waals surface area (Å²) in [5.41, 5.74) is 7.21. The molecule has 0 radical (unpaired) electrons. The van der Waals surface area contributed by atoms with E-state index in [0.717, 1.165) is 11.3 Å². The number of benzene rings is 2. The predicted molar refractivity (Wildman–Crippen MR) is 128 cm³/mol. The number of phenols is 2. The lowest BCUT2D eigenvalue weighted by Gasteiger charge is -2.25. The summed E-state index contributed by atoms with van der Waals surface area (Å²) in [6.07, 6.45) is 1.19. The molecule has 0 fully saturated rings. The van der Waals surface area contributed by atoms with Crippen LogP contribution >= 0.6 is 11.3 Å². The molecule has 1 aliphatic heterocycles. The molecule has 0 aliphatic carbocycles. The van der Waals surface area contributed by atoms with E-state index in [0.29, 0.717) is 15.7 Å². The molecule has 2 heterocycles. The van der Waals surface area contributed by atoms with E-state index in [1.165, 1.54) is 28.8 Å². The first kappa shape index (κ1) is 22.9. The van der Waals surface area contributed by atoms with Crippen molar-refractivity contribution in [3.05, 3.63) is 84.8 Å². The zero-order valence-corrected chi connectivity index (χ0v) is 19.2. The van der Waals surface area contributed by atoms with Crippen molar-refractivity contribution in [2.75, 3.05) is 0 Å². The number of ether oxygens (including phenoxy) is 1. The highest BCUT2D eigenvalue weighted by Gasteiger charge is 2.36. The van der Waals surface area contributed by atoms with Gasteiger partial charge in [-0.2, -0.15) is 5.26 Å². The van der Waals surface area contributed by atoms with Crippen LogP contribution in [0.15, 0.2) is 58.9 Å². The van der Waals surface area contributed by atoms with Crippen molar-refractivity contribution >= 4 is 34.8 Å². The molecule has 4 rings (SSSR count). The van der Waals surface area contributed by atoms with E-state index in [1.54, 1.807) is 44.2 Å². The van der Waals surface area contributed by atoms with Crippen molar-refractivity contribution in [3.63, 3.8) is 0 Å². The molecule has 1 atom stereocenters. The molecule has 0 saturated carbocycles. The maximum Gasteiger partial charge on any atom is 0.338 e. The van der Waals surface area contributed by atoms with E-state index in [-0.39, 0.29) is 33.1 Å². The third-order valence-electron chi connectivity index (χ3n) is 5.25. The number of allylic oxidation sites excluding steroid dienone is 1. The second-order valence-corrected chi connectivity index (χ2v) is 8.98. The van der Waals surface area contributed by atoms with Crippen LogP contribution in [0.2, 0.25) is 0 Å². The van der Waals surface area contributed by atoms with Crippen molar-refractivity contribution in [2.24, 2.45) is 5.73 Å². The fourth-order valence-electron chi connectivity index (χ4n) is 3.74. The van der Waals surface area contributed by atoms with Crippen LogP contribution in [0.3, 0.4) is 0 Å². The minimum atomic E-state index is -0.878. The number of nitrogens with zero attached hydrogens (tertiary/aromatic N) is 2. The maximum atomic E-state index is 13.3. The number of aromatic hydroxyl groups is 2. The van der Waals surface area contributed by atoms with Gasteiger partial charge in [-0.15, -0.1) is 11.3 Å². The van der Waals surface area contributed by atoms with Crippen LogP contribution in [0, 0.1) is 11.3 Å². The molecule has 9 heteroatoms. The number of nitrogens with two attached hydrogens (primary N) is 1. The first-order valence-corrected chi connectivity index (χ1v) is 11.2. The Hall–Kier alpha value is -4.29. The molecule has 0 amide bonds. The van der Waals surface area contributed by atoms with Gasteiger partial charge in [-0.1, -0.05) is 24.3 Å². The summed E-state index contributed by atoms with van der Waals surface area (Å²) in [6, 6.07) is 14.4. The molecule has 34 heavy (non-hydrogen) atoms. The van der Waals surface area contributed by atoms with E-state index in [2.05, 4.69) is 6.07 Å². The Morgan fingerprint density at radius 2 is 1.74 bits per heavy atom. The van der Waals surface area contributed by atoms with Gasteiger partial charge in [0.25, 0.3) is 5.56 Å². The number of carbonyl (C=O) groups is 1. The minimum Gasteiger partial charge on any atom is -0.508 e. The largest absolute Gasteiger partial charge is 0.508 e. The van der Waals surface area contributed by atoms with Gasteiger partial charge in [-0.3, -0.25) is 9.36 Å². The highest BCUT2D eigenvalue weighted by Crippen LogP contribution is 2.37. The topological polar surface area (TPSA) is 139 Å². The molecule has 4 N–H and O–H groups in total. The Labute approximate surface area is 198 Å². The molecule has 0 unspecified atom stereocenters. The quantitative estimate of drug-likeness (QED) is 0.488. The van der Waals surface area contributed by atoms with Crippen molar-refractivity contribution in [1.29, 1.82) is 5.26 Å². The number of hydrogen-bond donors (Lipinski definition) is 3. The Bertz CT molecular complexity index is 1520. The Balaban J connectivity index is 2.08. The van der Waals surface area contributed by atoms with Gasteiger partial charge in [0.1, 0.15) is 22.0 Å². The number of carbonyl (C=O) groups excluding carboxylic acids is 1. The standard InChI is InChI=1S/C25H21N3O5S/c1-13(2)33-25(32)21-20(15-5-9-17(30)10-6-15)18(12-26)22(27)28-23(31)19(34-24(21)28)11-14-3-7-16(29)8-4-14/h3-11,13,20,29-30H,27H2,1-2H3/b19-11-/t20-/m0/s1. The lowest BCUT2D eigenvalue weighted by Crippen LogP contribution is -2.40. The molecule has 172 valence electrons. The molecular formula is C25H21N3O5S. The van der Waals surface area contributed by atoms with Gasteiger partial charge < -0.3 is 20.7 Å². The zero-order chi connectivity index (χ0) is 24.6. The first-order valence-electron chi connectivity index (χ1n) is 10.4. The van der Waals surface area contributed by atoms with Crippen LogP contribution in [0.1, 0.15) is 30.9 Å². The molecule has 2 aromatic carbocycles. The molecular weight excluding hydrogens is 454 g/mol. The molecule has 3 aromatic rings. The monoisotopic (exact) mass is 475 g/mol. The van der Waals surface area contributed by atoms with Crippen LogP contribution in [-0.4, -0.2) is 26.9 Å². The second-order valence-electron chi connectivity index (χ2n) is 7.95. The summed E-state index contributed by atoms with van der Waals surface area (Å²) in [7, 11) is 0. The number of phenolic OH excluding ortho intramolecular Hbond substituents is 2. The molecule has 1 aromatic heterocycles. The summed E-state index contributed by atoms with van der Waals surface area (Å²) in [4.78, 5) is 26.6. The highest BCUT2D eigenvalue weighted by molar-refractivity contribution is 7.07. The number of hydrogen-bond acceptors (Lipinski definition) is 8. The molecule has 0 spiro atoms. The fourth-order valence-corrected chi connectivity index (χ4v) is 4.91. The summed E-state index contributed by atoms with van der Waals surface area (Å²) in [5, 5.41) is 29.2. The van der Waals surface area contributed by atoms with Crippen LogP contribution in [0.5, 0.6) is 11.5 Å². The van der Waals surface area contributed by atoms with Crippen LogP contribution in [0.25, 0.3) is 17.5 Å². The van der Waals surface area contributed by atoms with Crippen LogP contribution in [0.4, 0.5) is 0 Å². The van der Waals surface area contributed by atoms with E-state index in [4.69, 9.17) is 10.5 Å². The van der Waals surface area contributed by atoms with Gasteiger partial charge in [0.05, 0.1) is 33.8 Å². The van der Waals surface area contributed by atoms with Crippen molar-refractivity contribution in [1.82, 2.24) is 4.57 Å². The fraction of sp³-hybridized carbons (Fsp3) is 0.160. The summed E-state index contributed by atoms with van der Waals surface area (Å²) in [6.45, 7) is 3.41. The molecule has 1 aliphatic rings. The van der Waals surface area contributed by atoms with Gasteiger partial charge in [0.15, 0.2) is 0 Å². The number of esters is 1. The maximum absolute atomic E-state index is 13.3. The van der Waals surface area contributed by atoms with E-state index >= 15 is 0 Å². The second kappa shape index (κ2) is 8.92. The first-order chi connectivity index (χ1) is 16.2. The van der Waals surface area contributed by atoms with E-state index < -0.39 is 23.6 Å². The van der Waals surface area contributed by atoms with Crippen LogP contribution in [-0.2, 0) is 9.53 Å². The zero-order valence-electron chi connectivity index (χ0n) is 18.4. The van der Waals surface area contributed by atoms with Crippen molar-refractivity contribution in [2.45, 2.75) is 25.9 Å². The number of thiazole rings is 1. The molecule has 8 nitrogen and oxygen atoms in total. The average Bonchev–Trinajstić information content (AvgIpc) is 3.11. The number of fused-ring (bicyclic) bond motifs is 1. The van der Waals surface area contributed by atoms with Crippen LogP contribution < -0.4 is 20.5 Å². The van der Waals surface area contributed by atoms with Crippen molar-refractivity contribution in [3.8, 4) is 17.6 Å². The summed E-state index contributed by atoms with van der Waals surface area (Å²) < 4.78 is 7.22. The number of rotatable bonds is 4. The average molecular weight is 476 g/mol. The van der Waals surface area contributed by atoms with E-state index in [9.17, 15) is 25.1 Å². The third kappa shape index (κ3) is 4.07. The van der Waals surface area contributed by atoms with Gasteiger partial charge in [-0.05, 0) is 55.3 Å². The SMILES string of the molecule is CC(C)OC(=O)C1=c2s/c(=C\c3ccc(O)cc3)c(=O)n2C(N)=C(C#N)[C@@H]1c1ccc(O)cc1. The smallest absolute Gasteiger partial charge is 0.338 e. The minimum absolute atomic E-state index is 0.0279. The van der Waals surface area contributed by atoms with Gasteiger partial charge in [0.2, 0.25) is 0 Å². The predicted octanol–water partition coefficient (Wildman–Crippen LogP) is 1.70. The Morgan fingerprint density at radius 3 is 2.29 bits per heavy atom. The lowest BCUT2D eigenvalue weighted by molar-refractivity contribution is -0.140. The Morgan fingerprint density at radius 1 is 1.15 bits per heavy atom. The highest BCUT2D eigenvalue weighted by atomic mass is 32.1. The van der Waals surface area contributed by atoms with Crippen molar-refractivity contribution < 1.29 is 19.7 Å². The third-order valence-corrected chi connectivity index (χ3v) is 6.36. The Kier molecular flexibility index (Phi) is 6.01. The number of nitriles is 1. The van der Waals surface area contributed by atoms with Gasteiger partial charge in [-0.25, -0.2) is 4.79 Å². The summed E-state index contributed by atoms with van der Waals surface area (Å²) in [5.74, 6) is -1.49. The van der Waals surface area contributed by atoms with Gasteiger partial charge in [0, 0.05) is 0 Å². The van der Waals surface area contributed by atoms with Gasteiger partial charge >= 0.3 is 5.97 Å². The molecule has 0 bridgehead atoms. The molecule has 0 saturated heterocycles. The van der Waals surface area contributed by atoms with E-state index in [1.807, 2.05) is 0 Å². The lowest BCUT2D eigenvalue weighted by atomic mass is 9.84.